The summed E-state index contributed by atoms with van der Waals surface area (Å²) in [5.41, 5.74) is 3.77. The van der Waals surface area contributed by atoms with Crippen LogP contribution in [0.4, 0.5) is 0 Å². The van der Waals surface area contributed by atoms with Crippen LogP contribution in [-0.4, -0.2) is 5.71 Å². The smallest absolute Gasteiger partial charge is 0.0639 e. The van der Waals surface area contributed by atoms with E-state index < -0.39 is 0 Å². The van der Waals surface area contributed by atoms with Crippen molar-refractivity contribution in [1.82, 2.24) is 0 Å². The summed E-state index contributed by atoms with van der Waals surface area (Å²) in [5, 5.41) is 0. The maximum absolute atomic E-state index is 4.61. The summed E-state index contributed by atoms with van der Waals surface area (Å²) in [6.07, 6.45) is 0.938. The first-order chi connectivity index (χ1) is 8.34. The van der Waals surface area contributed by atoms with E-state index in [-0.39, 0.29) is 0 Å². The summed E-state index contributed by atoms with van der Waals surface area (Å²) < 4.78 is 0. The van der Waals surface area contributed by atoms with Crippen LogP contribution in [0.15, 0.2) is 65.7 Å². The zero-order valence-corrected chi connectivity index (χ0v) is 10.1. The lowest BCUT2D eigenvalue weighted by Crippen LogP contribution is -1.98. The Balaban J connectivity index is 1.94. The maximum atomic E-state index is 4.61. The molecule has 0 bridgehead atoms. The molecule has 0 atom stereocenters. The van der Waals surface area contributed by atoms with Gasteiger partial charge in [0.15, 0.2) is 0 Å². The van der Waals surface area contributed by atoms with E-state index in [4.69, 9.17) is 0 Å². The summed E-state index contributed by atoms with van der Waals surface area (Å²) in [4.78, 5) is 4.61. The van der Waals surface area contributed by atoms with Crippen LogP contribution in [0.5, 0.6) is 0 Å². The highest BCUT2D eigenvalue weighted by atomic mass is 14.7. The molecule has 1 nitrogen and oxygen atoms in total. The van der Waals surface area contributed by atoms with Crippen LogP contribution in [0.1, 0.15) is 18.1 Å². The van der Waals surface area contributed by atoms with Crippen LogP contribution in [0.2, 0.25) is 0 Å². The molecule has 0 heterocycles. The fourth-order valence-corrected chi connectivity index (χ4v) is 1.76. The zero-order valence-electron chi connectivity index (χ0n) is 10.1. The van der Waals surface area contributed by atoms with E-state index in [0.717, 1.165) is 13.0 Å². The molecule has 17 heavy (non-hydrogen) atoms. The van der Waals surface area contributed by atoms with Gasteiger partial charge in [-0.1, -0.05) is 60.7 Å². The van der Waals surface area contributed by atoms with Crippen molar-refractivity contribution in [3.8, 4) is 0 Å². The first kappa shape index (κ1) is 11.6. The number of hydrogen-bond donors (Lipinski definition) is 0. The topological polar surface area (TPSA) is 12.4 Å². The Morgan fingerprint density at radius 1 is 0.824 bits per heavy atom. The number of benzene rings is 2. The van der Waals surface area contributed by atoms with Crippen LogP contribution >= 0.6 is 0 Å². The van der Waals surface area contributed by atoms with E-state index in [9.17, 15) is 0 Å². The Kier molecular flexibility index (Phi) is 4.09. The van der Waals surface area contributed by atoms with Gasteiger partial charge in [-0.3, -0.25) is 4.99 Å². The van der Waals surface area contributed by atoms with Gasteiger partial charge in [-0.15, -0.1) is 0 Å². The molecule has 0 saturated heterocycles. The molecule has 0 radical (unpaired) electrons. The molecule has 0 unspecified atom stereocenters. The predicted molar refractivity (Wildman–Crippen MR) is 73.4 cm³/mol. The Hall–Kier alpha value is -1.89. The van der Waals surface area contributed by atoms with E-state index in [1.165, 1.54) is 16.8 Å². The summed E-state index contributed by atoms with van der Waals surface area (Å²) in [6.45, 7) is 2.87. The maximum Gasteiger partial charge on any atom is 0.0639 e. The largest absolute Gasteiger partial charge is 0.289 e. The highest BCUT2D eigenvalue weighted by Gasteiger charge is 1.95. The third kappa shape index (κ3) is 3.87. The third-order valence-corrected chi connectivity index (χ3v) is 2.68. The molecular formula is C16H17N. The lowest BCUT2D eigenvalue weighted by atomic mass is 10.1. The molecule has 0 amide bonds. The molecule has 2 rings (SSSR count). The SMILES string of the molecule is CC(Cc1ccccc1)=NCc1ccccc1. The molecule has 0 aromatic heterocycles. The van der Waals surface area contributed by atoms with Gasteiger partial charge in [0.05, 0.1) is 6.54 Å². The van der Waals surface area contributed by atoms with Crippen LogP contribution in [-0.2, 0) is 13.0 Å². The molecule has 2 aromatic carbocycles. The van der Waals surface area contributed by atoms with E-state index in [1.807, 2.05) is 12.1 Å². The summed E-state index contributed by atoms with van der Waals surface area (Å²) >= 11 is 0. The van der Waals surface area contributed by atoms with E-state index in [0.29, 0.717) is 0 Å². The minimum absolute atomic E-state index is 0.777. The zero-order chi connectivity index (χ0) is 11.9. The second kappa shape index (κ2) is 6.00. The van der Waals surface area contributed by atoms with Gasteiger partial charge in [-0.05, 0) is 18.1 Å². The van der Waals surface area contributed by atoms with Crippen LogP contribution < -0.4 is 0 Å². The normalized spacial score (nSPS) is 11.5. The quantitative estimate of drug-likeness (QED) is 0.697. The molecule has 0 saturated carbocycles. The molecular weight excluding hydrogens is 206 g/mol. The molecule has 0 aliphatic rings. The van der Waals surface area contributed by atoms with E-state index >= 15 is 0 Å². The van der Waals surface area contributed by atoms with Gasteiger partial charge in [-0.2, -0.15) is 0 Å². The van der Waals surface area contributed by atoms with Gasteiger partial charge in [0.25, 0.3) is 0 Å². The van der Waals surface area contributed by atoms with Crippen LogP contribution in [0, 0.1) is 0 Å². The van der Waals surface area contributed by atoms with Crippen LogP contribution in [0.25, 0.3) is 0 Å². The van der Waals surface area contributed by atoms with Crippen molar-refractivity contribution in [1.29, 1.82) is 0 Å². The van der Waals surface area contributed by atoms with Crippen molar-refractivity contribution in [2.75, 3.05) is 0 Å². The third-order valence-electron chi connectivity index (χ3n) is 2.68. The Labute approximate surface area is 103 Å². The summed E-state index contributed by atoms with van der Waals surface area (Å²) in [5.74, 6) is 0. The number of nitrogens with zero attached hydrogens (tertiary/aromatic N) is 1. The van der Waals surface area contributed by atoms with Crippen LogP contribution in [0.3, 0.4) is 0 Å². The second-order valence-electron chi connectivity index (χ2n) is 4.20. The van der Waals surface area contributed by atoms with Crippen molar-refractivity contribution in [2.24, 2.45) is 4.99 Å². The average Bonchev–Trinajstić information content (AvgIpc) is 2.39. The minimum atomic E-state index is 0.777. The van der Waals surface area contributed by atoms with Gasteiger partial charge in [0, 0.05) is 12.1 Å². The van der Waals surface area contributed by atoms with Gasteiger partial charge in [0.1, 0.15) is 0 Å². The van der Waals surface area contributed by atoms with Crippen molar-refractivity contribution in [3.63, 3.8) is 0 Å². The van der Waals surface area contributed by atoms with Gasteiger partial charge >= 0.3 is 0 Å². The molecule has 0 spiro atoms. The lowest BCUT2D eigenvalue weighted by molar-refractivity contribution is 1.05. The van der Waals surface area contributed by atoms with Gasteiger partial charge in [0.2, 0.25) is 0 Å². The van der Waals surface area contributed by atoms with Crippen molar-refractivity contribution in [2.45, 2.75) is 19.9 Å². The molecule has 0 aliphatic heterocycles. The van der Waals surface area contributed by atoms with Gasteiger partial charge < -0.3 is 0 Å². The van der Waals surface area contributed by atoms with Crippen molar-refractivity contribution >= 4 is 5.71 Å². The van der Waals surface area contributed by atoms with Crippen molar-refractivity contribution < 1.29 is 0 Å². The second-order valence-corrected chi connectivity index (χ2v) is 4.20. The molecule has 0 fully saturated rings. The number of rotatable bonds is 4. The highest BCUT2D eigenvalue weighted by Crippen LogP contribution is 2.04. The molecule has 0 N–H and O–H groups in total. The molecule has 2 aromatic rings. The average molecular weight is 223 g/mol. The lowest BCUT2D eigenvalue weighted by Gasteiger charge is -2.01. The fraction of sp³-hybridized carbons (Fsp3) is 0.188. The van der Waals surface area contributed by atoms with E-state index in [2.05, 4.69) is 60.4 Å². The van der Waals surface area contributed by atoms with Gasteiger partial charge in [-0.25, -0.2) is 0 Å². The Morgan fingerprint density at radius 2 is 1.35 bits per heavy atom. The molecule has 0 aliphatic carbocycles. The standard InChI is InChI=1S/C16H17N/c1-14(12-15-8-4-2-5-9-15)17-13-16-10-6-3-7-11-16/h2-11H,12-13H2,1H3. The van der Waals surface area contributed by atoms with Crippen molar-refractivity contribution in [3.05, 3.63) is 71.8 Å². The predicted octanol–water partition coefficient (Wildman–Crippen LogP) is 3.89. The fourth-order valence-electron chi connectivity index (χ4n) is 1.76. The first-order valence-electron chi connectivity index (χ1n) is 5.92. The number of hydrogen-bond acceptors (Lipinski definition) is 1. The first-order valence-corrected chi connectivity index (χ1v) is 5.92. The summed E-state index contributed by atoms with van der Waals surface area (Å²) in [7, 11) is 0. The monoisotopic (exact) mass is 223 g/mol. The number of aliphatic imine (C=N–C) groups is 1. The van der Waals surface area contributed by atoms with E-state index in [1.54, 1.807) is 0 Å². The summed E-state index contributed by atoms with van der Waals surface area (Å²) in [6, 6.07) is 20.8. The highest BCUT2D eigenvalue weighted by molar-refractivity contribution is 5.84. The molecule has 86 valence electrons. The Morgan fingerprint density at radius 3 is 1.94 bits per heavy atom. The molecule has 1 heteroatoms. The Bertz CT molecular complexity index is 471. The minimum Gasteiger partial charge on any atom is -0.289 e.